The van der Waals surface area contributed by atoms with E-state index in [1.54, 1.807) is 48.5 Å². The second-order valence-electron chi connectivity index (χ2n) is 7.01. The van der Waals surface area contributed by atoms with Crippen LogP contribution < -0.4 is 9.64 Å². The Labute approximate surface area is 185 Å². The lowest BCUT2D eigenvalue weighted by Crippen LogP contribution is -2.29. The number of amides is 1. The van der Waals surface area contributed by atoms with Gasteiger partial charge in [0.2, 0.25) is 0 Å². The third kappa shape index (κ3) is 3.92. The van der Waals surface area contributed by atoms with Crippen molar-refractivity contribution in [1.29, 1.82) is 0 Å². The van der Waals surface area contributed by atoms with Gasteiger partial charge in [-0.1, -0.05) is 41.9 Å². The Kier molecular flexibility index (Phi) is 5.78. The maximum atomic E-state index is 13.1. The predicted molar refractivity (Wildman–Crippen MR) is 120 cm³/mol. The fourth-order valence-electron chi connectivity index (χ4n) is 3.68. The summed E-state index contributed by atoms with van der Waals surface area (Å²) in [5.41, 5.74) is 1.70. The minimum absolute atomic E-state index is 0.0346. The molecule has 1 fully saturated rings. The molecule has 0 bridgehead atoms. The number of aliphatic hydroxyl groups excluding tert-OH is 1. The van der Waals surface area contributed by atoms with Crippen LogP contribution >= 0.6 is 11.6 Å². The van der Waals surface area contributed by atoms with Crippen LogP contribution in [-0.4, -0.2) is 23.4 Å². The minimum atomic E-state index is -0.769. The molecule has 6 heteroatoms. The number of carbonyl (C=O) groups excluding carboxylic acids is 2. The number of aliphatic hydroxyl groups is 1. The number of rotatable bonds is 5. The number of hydrogen-bond donors (Lipinski definition) is 1. The summed E-state index contributed by atoms with van der Waals surface area (Å²) in [5.74, 6) is -1.01. The van der Waals surface area contributed by atoms with Crippen molar-refractivity contribution in [3.05, 3.63) is 101 Å². The molecule has 0 saturated carbocycles. The van der Waals surface area contributed by atoms with Gasteiger partial charge in [-0.25, -0.2) is 0 Å². The Morgan fingerprint density at radius 3 is 2.23 bits per heavy atom. The van der Waals surface area contributed by atoms with Gasteiger partial charge in [-0.2, -0.15) is 0 Å². The number of hydrogen-bond acceptors (Lipinski definition) is 4. The van der Waals surface area contributed by atoms with Crippen molar-refractivity contribution >= 4 is 34.7 Å². The molecular weight excluding hydrogens is 414 g/mol. The maximum Gasteiger partial charge on any atom is 0.300 e. The van der Waals surface area contributed by atoms with Crippen LogP contribution in [-0.2, 0) is 9.59 Å². The number of anilines is 1. The Hall–Kier alpha value is -3.57. The highest BCUT2D eigenvalue weighted by molar-refractivity contribution is 6.51. The molecule has 1 N–H and O–H groups in total. The van der Waals surface area contributed by atoms with Crippen molar-refractivity contribution in [3.63, 3.8) is 0 Å². The van der Waals surface area contributed by atoms with E-state index in [0.29, 0.717) is 34.2 Å². The lowest BCUT2D eigenvalue weighted by atomic mass is 9.95. The van der Waals surface area contributed by atoms with E-state index < -0.39 is 17.7 Å². The molecule has 31 heavy (non-hydrogen) atoms. The first-order valence-corrected chi connectivity index (χ1v) is 10.2. The van der Waals surface area contributed by atoms with E-state index in [-0.39, 0.29) is 11.3 Å². The number of halogens is 1. The second-order valence-corrected chi connectivity index (χ2v) is 7.45. The lowest BCUT2D eigenvalue weighted by molar-refractivity contribution is -0.132. The quantitative estimate of drug-likeness (QED) is 0.334. The Bertz CT molecular complexity index is 1140. The molecule has 1 heterocycles. The van der Waals surface area contributed by atoms with Crippen LogP contribution in [0.3, 0.4) is 0 Å². The number of benzene rings is 3. The zero-order valence-electron chi connectivity index (χ0n) is 16.8. The molecule has 0 radical (unpaired) electrons. The van der Waals surface area contributed by atoms with E-state index in [2.05, 4.69) is 0 Å². The van der Waals surface area contributed by atoms with Crippen molar-refractivity contribution in [2.24, 2.45) is 0 Å². The number of carbonyl (C=O) groups is 2. The van der Waals surface area contributed by atoms with Gasteiger partial charge in [0.15, 0.2) is 0 Å². The number of ketones is 1. The smallest absolute Gasteiger partial charge is 0.300 e. The highest BCUT2D eigenvalue weighted by atomic mass is 35.5. The largest absolute Gasteiger partial charge is 0.507 e. The first kappa shape index (κ1) is 20.7. The molecular formula is C25H20ClNO4. The second kappa shape index (κ2) is 8.66. The standard InChI is InChI=1S/C25H20ClNO4/c1-2-31-20-14-12-19(13-15-20)27-22(16-6-4-3-5-7-16)21(24(29)25(27)30)23(28)17-8-10-18(26)11-9-17/h3-15,22,28H,2H2,1H3/b23-21+. The summed E-state index contributed by atoms with van der Waals surface area (Å²) in [6, 6.07) is 21.8. The van der Waals surface area contributed by atoms with Gasteiger partial charge in [-0.15, -0.1) is 0 Å². The van der Waals surface area contributed by atoms with Crippen LogP contribution in [0.25, 0.3) is 5.76 Å². The van der Waals surface area contributed by atoms with Crippen LogP contribution in [0.2, 0.25) is 5.02 Å². The summed E-state index contributed by atoms with van der Waals surface area (Å²) >= 11 is 5.95. The third-order valence-corrected chi connectivity index (χ3v) is 5.36. The van der Waals surface area contributed by atoms with E-state index in [0.717, 1.165) is 0 Å². The molecule has 3 aromatic carbocycles. The summed E-state index contributed by atoms with van der Waals surface area (Å²) in [6.45, 7) is 2.41. The van der Waals surface area contributed by atoms with Gasteiger partial charge < -0.3 is 9.84 Å². The van der Waals surface area contributed by atoms with Crippen LogP contribution in [0.1, 0.15) is 24.1 Å². The van der Waals surface area contributed by atoms with E-state index >= 15 is 0 Å². The van der Waals surface area contributed by atoms with Gasteiger partial charge in [0, 0.05) is 16.3 Å². The van der Waals surface area contributed by atoms with E-state index in [4.69, 9.17) is 16.3 Å². The predicted octanol–water partition coefficient (Wildman–Crippen LogP) is 5.37. The summed E-state index contributed by atoms with van der Waals surface area (Å²) < 4.78 is 5.48. The summed E-state index contributed by atoms with van der Waals surface area (Å²) in [5, 5.41) is 11.5. The van der Waals surface area contributed by atoms with Crippen molar-refractivity contribution in [3.8, 4) is 5.75 Å². The maximum absolute atomic E-state index is 13.1. The topological polar surface area (TPSA) is 66.8 Å². The zero-order valence-corrected chi connectivity index (χ0v) is 17.5. The summed E-state index contributed by atoms with van der Waals surface area (Å²) in [4.78, 5) is 27.6. The molecule has 0 aliphatic carbocycles. The van der Waals surface area contributed by atoms with Gasteiger partial charge in [0.1, 0.15) is 11.5 Å². The first-order valence-electron chi connectivity index (χ1n) is 9.86. The molecule has 0 spiro atoms. The first-order chi connectivity index (χ1) is 15.0. The highest BCUT2D eigenvalue weighted by Gasteiger charge is 2.46. The highest BCUT2D eigenvalue weighted by Crippen LogP contribution is 2.42. The average Bonchev–Trinajstić information content (AvgIpc) is 3.06. The van der Waals surface area contributed by atoms with Crippen molar-refractivity contribution in [2.45, 2.75) is 13.0 Å². The molecule has 3 aromatic rings. The van der Waals surface area contributed by atoms with Crippen LogP contribution in [0.15, 0.2) is 84.4 Å². The number of nitrogens with zero attached hydrogens (tertiary/aromatic N) is 1. The number of ether oxygens (including phenoxy) is 1. The molecule has 1 atom stereocenters. The van der Waals surface area contributed by atoms with E-state index in [1.165, 1.54) is 4.90 Å². The van der Waals surface area contributed by atoms with E-state index in [1.807, 2.05) is 37.3 Å². The van der Waals surface area contributed by atoms with Gasteiger partial charge in [0.25, 0.3) is 11.7 Å². The van der Waals surface area contributed by atoms with Gasteiger partial charge in [0.05, 0.1) is 18.2 Å². The van der Waals surface area contributed by atoms with Gasteiger partial charge in [-0.3, -0.25) is 14.5 Å². The van der Waals surface area contributed by atoms with E-state index in [9.17, 15) is 14.7 Å². The number of Topliss-reactive ketones (excluding diaryl/α,β-unsaturated/α-hetero) is 1. The molecule has 1 aliphatic heterocycles. The Morgan fingerprint density at radius 1 is 0.968 bits per heavy atom. The molecule has 1 aliphatic rings. The monoisotopic (exact) mass is 433 g/mol. The molecule has 156 valence electrons. The molecule has 5 nitrogen and oxygen atoms in total. The van der Waals surface area contributed by atoms with Crippen molar-refractivity contribution in [2.75, 3.05) is 11.5 Å². The molecule has 0 aromatic heterocycles. The minimum Gasteiger partial charge on any atom is -0.507 e. The van der Waals surface area contributed by atoms with Crippen LogP contribution in [0, 0.1) is 0 Å². The summed E-state index contributed by atoms with van der Waals surface area (Å²) in [6.07, 6.45) is 0. The SMILES string of the molecule is CCOc1ccc(N2C(=O)C(=O)/C(=C(/O)c3ccc(Cl)cc3)C2c2ccccc2)cc1. The normalized spacial score (nSPS) is 17.7. The van der Waals surface area contributed by atoms with Crippen LogP contribution in [0.4, 0.5) is 5.69 Å². The Balaban J connectivity index is 1.87. The molecule has 1 unspecified atom stereocenters. The van der Waals surface area contributed by atoms with Crippen molar-refractivity contribution < 1.29 is 19.4 Å². The third-order valence-electron chi connectivity index (χ3n) is 5.10. The van der Waals surface area contributed by atoms with Crippen molar-refractivity contribution in [1.82, 2.24) is 0 Å². The lowest BCUT2D eigenvalue weighted by Gasteiger charge is -2.25. The molecule has 4 rings (SSSR count). The zero-order chi connectivity index (χ0) is 22.0. The van der Waals surface area contributed by atoms with Crippen LogP contribution in [0.5, 0.6) is 5.75 Å². The van der Waals surface area contributed by atoms with Gasteiger partial charge >= 0.3 is 0 Å². The van der Waals surface area contributed by atoms with Gasteiger partial charge in [-0.05, 0) is 61.0 Å². The molecule has 1 amide bonds. The fraction of sp³-hybridized carbons (Fsp3) is 0.120. The fourth-order valence-corrected chi connectivity index (χ4v) is 3.81. The Morgan fingerprint density at radius 2 is 1.61 bits per heavy atom. The summed E-state index contributed by atoms with van der Waals surface area (Å²) in [7, 11) is 0. The average molecular weight is 434 g/mol. The molecule has 1 saturated heterocycles.